The van der Waals surface area contributed by atoms with Crippen LogP contribution in [0.1, 0.15) is 27.2 Å². The number of hydrogen-bond acceptors (Lipinski definition) is 6. The van der Waals surface area contributed by atoms with Crippen molar-refractivity contribution in [3.8, 4) is 22.8 Å². The van der Waals surface area contributed by atoms with E-state index >= 15 is 0 Å². The highest BCUT2D eigenvalue weighted by Crippen LogP contribution is 2.33. The third-order valence-electron chi connectivity index (χ3n) is 6.01. The number of para-hydroxylation sites is 1. The summed E-state index contributed by atoms with van der Waals surface area (Å²) in [5.74, 6) is 0.273. The smallest absolute Gasteiger partial charge is 0.291 e. The number of amides is 1. The quantitative estimate of drug-likeness (QED) is 0.224. The molecule has 2 heterocycles. The van der Waals surface area contributed by atoms with E-state index in [1.54, 1.807) is 30.3 Å². The van der Waals surface area contributed by atoms with E-state index in [1.807, 2.05) is 45.0 Å². The molecule has 35 heavy (non-hydrogen) atoms. The standard InChI is InChI=1S/C27H21N3O5/c1-15-13-21-25(14-16(15)2)35-27(29-21)18-8-6-9-20(17(18)3)28-26(31)24-12-11-23(34-24)19-7-4-5-10-22(19)30(32)33/h4-14H,1-3H3,(H,28,31). The van der Waals surface area contributed by atoms with Crippen molar-refractivity contribution in [2.45, 2.75) is 20.8 Å². The van der Waals surface area contributed by atoms with Crippen LogP contribution in [0.5, 0.6) is 0 Å². The van der Waals surface area contributed by atoms with Gasteiger partial charge in [-0.1, -0.05) is 18.2 Å². The molecule has 0 fully saturated rings. The number of nitro benzene ring substituents is 1. The van der Waals surface area contributed by atoms with E-state index in [2.05, 4.69) is 10.3 Å². The second-order valence-electron chi connectivity index (χ2n) is 8.29. The Bertz CT molecular complexity index is 1570. The first-order valence-electron chi connectivity index (χ1n) is 10.9. The molecule has 5 rings (SSSR count). The lowest BCUT2D eigenvalue weighted by atomic mass is 10.1. The van der Waals surface area contributed by atoms with E-state index in [-0.39, 0.29) is 17.2 Å². The van der Waals surface area contributed by atoms with Crippen LogP contribution in [-0.4, -0.2) is 15.8 Å². The van der Waals surface area contributed by atoms with Crippen molar-refractivity contribution < 1.29 is 18.6 Å². The van der Waals surface area contributed by atoms with Gasteiger partial charge >= 0.3 is 0 Å². The first kappa shape index (κ1) is 22.1. The number of rotatable bonds is 5. The lowest BCUT2D eigenvalue weighted by molar-refractivity contribution is -0.384. The number of anilines is 1. The molecule has 0 radical (unpaired) electrons. The number of nitro groups is 1. The van der Waals surface area contributed by atoms with Gasteiger partial charge in [-0.3, -0.25) is 14.9 Å². The van der Waals surface area contributed by atoms with Crippen molar-refractivity contribution in [2.24, 2.45) is 0 Å². The van der Waals surface area contributed by atoms with Gasteiger partial charge in [-0.2, -0.15) is 0 Å². The summed E-state index contributed by atoms with van der Waals surface area (Å²) in [5, 5.41) is 14.2. The molecule has 2 aromatic heterocycles. The van der Waals surface area contributed by atoms with Crippen LogP contribution in [-0.2, 0) is 0 Å². The molecule has 0 saturated carbocycles. The molecule has 8 nitrogen and oxygen atoms in total. The third-order valence-corrected chi connectivity index (χ3v) is 6.01. The number of benzene rings is 3. The largest absolute Gasteiger partial charge is 0.451 e. The fourth-order valence-corrected chi connectivity index (χ4v) is 3.93. The molecular formula is C27H21N3O5. The summed E-state index contributed by atoms with van der Waals surface area (Å²) in [4.78, 5) is 28.4. The number of aryl methyl sites for hydroxylation is 2. The van der Waals surface area contributed by atoms with Gasteiger partial charge < -0.3 is 14.2 Å². The van der Waals surface area contributed by atoms with Crippen LogP contribution in [0.4, 0.5) is 11.4 Å². The number of furan rings is 1. The minimum absolute atomic E-state index is 0.0377. The molecule has 0 spiro atoms. The fraction of sp³-hybridized carbons (Fsp3) is 0.111. The van der Waals surface area contributed by atoms with E-state index < -0.39 is 10.8 Å². The lowest BCUT2D eigenvalue weighted by Crippen LogP contribution is -2.12. The van der Waals surface area contributed by atoms with Gasteiger partial charge in [0.15, 0.2) is 11.3 Å². The topological polar surface area (TPSA) is 111 Å². The minimum Gasteiger partial charge on any atom is -0.451 e. The average molecular weight is 467 g/mol. The Morgan fingerprint density at radius 1 is 0.914 bits per heavy atom. The molecule has 1 N–H and O–H groups in total. The van der Waals surface area contributed by atoms with E-state index in [4.69, 9.17) is 8.83 Å². The highest BCUT2D eigenvalue weighted by atomic mass is 16.6. The number of aromatic nitrogens is 1. The van der Waals surface area contributed by atoms with Gasteiger partial charge in [0.2, 0.25) is 5.89 Å². The highest BCUT2D eigenvalue weighted by Gasteiger charge is 2.20. The minimum atomic E-state index is -0.485. The molecular weight excluding hydrogens is 446 g/mol. The maximum atomic E-state index is 12.9. The Balaban J connectivity index is 1.43. The first-order valence-corrected chi connectivity index (χ1v) is 10.9. The molecule has 8 heteroatoms. The number of nitrogens with one attached hydrogen (secondary N) is 1. The van der Waals surface area contributed by atoms with Crippen molar-refractivity contribution in [2.75, 3.05) is 5.32 Å². The molecule has 0 saturated heterocycles. The Morgan fingerprint density at radius 2 is 1.66 bits per heavy atom. The van der Waals surface area contributed by atoms with Gasteiger partial charge in [0.05, 0.1) is 10.5 Å². The zero-order valence-electron chi connectivity index (χ0n) is 19.3. The molecule has 0 aliphatic rings. The molecule has 5 aromatic rings. The maximum Gasteiger partial charge on any atom is 0.291 e. The molecule has 0 aliphatic heterocycles. The molecule has 0 unspecified atom stereocenters. The van der Waals surface area contributed by atoms with E-state index in [0.29, 0.717) is 22.7 Å². The average Bonchev–Trinajstić information content (AvgIpc) is 3.48. The zero-order valence-corrected chi connectivity index (χ0v) is 19.3. The summed E-state index contributed by atoms with van der Waals surface area (Å²) in [5.41, 5.74) is 6.05. The van der Waals surface area contributed by atoms with E-state index in [1.165, 1.54) is 12.1 Å². The number of oxazole rings is 1. The van der Waals surface area contributed by atoms with Gasteiger partial charge in [-0.05, 0) is 79.9 Å². The second-order valence-corrected chi connectivity index (χ2v) is 8.29. The monoisotopic (exact) mass is 467 g/mol. The molecule has 1 amide bonds. The Morgan fingerprint density at radius 3 is 2.46 bits per heavy atom. The molecule has 0 aliphatic carbocycles. The number of fused-ring (bicyclic) bond motifs is 1. The first-order chi connectivity index (χ1) is 16.8. The van der Waals surface area contributed by atoms with Crippen molar-refractivity contribution in [3.63, 3.8) is 0 Å². The van der Waals surface area contributed by atoms with Gasteiger partial charge in [0.1, 0.15) is 11.3 Å². The van der Waals surface area contributed by atoms with Crippen LogP contribution < -0.4 is 5.32 Å². The summed E-state index contributed by atoms with van der Waals surface area (Å²) in [7, 11) is 0. The van der Waals surface area contributed by atoms with Crippen LogP contribution >= 0.6 is 0 Å². The number of carbonyl (C=O) groups excluding carboxylic acids is 1. The lowest BCUT2D eigenvalue weighted by Gasteiger charge is -2.10. The summed E-state index contributed by atoms with van der Waals surface area (Å²) in [6.07, 6.45) is 0. The summed E-state index contributed by atoms with van der Waals surface area (Å²) in [6, 6.07) is 18.7. The van der Waals surface area contributed by atoms with Gasteiger partial charge in [0, 0.05) is 17.3 Å². The Hall–Kier alpha value is -4.72. The van der Waals surface area contributed by atoms with Gasteiger partial charge in [0.25, 0.3) is 11.6 Å². The van der Waals surface area contributed by atoms with Crippen LogP contribution in [0.2, 0.25) is 0 Å². The Kier molecular flexibility index (Phi) is 5.41. The molecule has 3 aromatic carbocycles. The second kappa shape index (κ2) is 8.57. The third kappa shape index (κ3) is 4.06. The van der Waals surface area contributed by atoms with Crippen molar-refractivity contribution in [3.05, 3.63) is 99.3 Å². The van der Waals surface area contributed by atoms with Crippen molar-refractivity contribution >= 4 is 28.4 Å². The van der Waals surface area contributed by atoms with Crippen LogP contribution in [0, 0.1) is 30.9 Å². The predicted molar refractivity (Wildman–Crippen MR) is 132 cm³/mol. The summed E-state index contributed by atoms with van der Waals surface area (Å²) >= 11 is 0. The number of nitrogens with zero attached hydrogens (tertiary/aromatic N) is 2. The van der Waals surface area contributed by atoms with E-state index in [0.717, 1.165) is 27.8 Å². The summed E-state index contributed by atoms with van der Waals surface area (Å²) < 4.78 is 11.7. The highest BCUT2D eigenvalue weighted by molar-refractivity contribution is 6.03. The van der Waals surface area contributed by atoms with Gasteiger partial charge in [-0.15, -0.1) is 0 Å². The van der Waals surface area contributed by atoms with Crippen LogP contribution in [0.3, 0.4) is 0 Å². The number of hydrogen-bond donors (Lipinski definition) is 1. The zero-order chi connectivity index (χ0) is 24.7. The molecule has 0 bridgehead atoms. The Labute approximate surface area is 200 Å². The molecule has 0 atom stereocenters. The predicted octanol–water partition coefficient (Wildman–Crippen LogP) is 6.84. The van der Waals surface area contributed by atoms with Crippen LogP contribution in [0.25, 0.3) is 33.9 Å². The van der Waals surface area contributed by atoms with Crippen molar-refractivity contribution in [1.82, 2.24) is 4.98 Å². The molecule has 174 valence electrons. The van der Waals surface area contributed by atoms with Crippen LogP contribution in [0.15, 0.2) is 75.6 Å². The SMILES string of the molecule is Cc1cc2nc(-c3cccc(NC(=O)c4ccc(-c5ccccc5[N+](=O)[O-])o4)c3C)oc2cc1C. The normalized spacial score (nSPS) is 11.1. The fourth-order valence-electron chi connectivity index (χ4n) is 3.93. The maximum absolute atomic E-state index is 12.9. The van der Waals surface area contributed by atoms with Crippen molar-refractivity contribution in [1.29, 1.82) is 0 Å². The number of carbonyl (C=O) groups is 1. The van der Waals surface area contributed by atoms with E-state index in [9.17, 15) is 14.9 Å². The summed E-state index contributed by atoms with van der Waals surface area (Å²) in [6.45, 7) is 5.92. The van der Waals surface area contributed by atoms with Gasteiger partial charge in [-0.25, -0.2) is 4.98 Å².